The first kappa shape index (κ1) is 29.4. The van der Waals surface area contributed by atoms with Gasteiger partial charge >= 0.3 is 35.0 Å². The van der Waals surface area contributed by atoms with Crippen molar-refractivity contribution in [3.8, 4) is 23.5 Å². The van der Waals surface area contributed by atoms with Gasteiger partial charge in [0.15, 0.2) is 14.8 Å². The second-order valence-electron chi connectivity index (χ2n) is 7.17. The van der Waals surface area contributed by atoms with Crippen LogP contribution < -0.4 is 9.47 Å². The van der Waals surface area contributed by atoms with Crippen molar-refractivity contribution in [3.63, 3.8) is 0 Å². The minimum atomic E-state index is -4.58. The van der Waals surface area contributed by atoms with Gasteiger partial charge in [-0.3, -0.25) is 70.8 Å². The second-order valence-corrected chi connectivity index (χ2v) is 7.17. The van der Waals surface area contributed by atoms with Gasteiger partial charge in [0.25, 0.3) is 11.4 Å². The number of rotatable bonds is 12. The molecular formula is C16H6N10O16. The predicted octanol–water partition coefficient (Wildman–Crippen LogP) is 2.03. The first-order chi connectivity index (χ1) is 19.6. The zero-order valence-electron chi connectivity index (χ0n) is 19.5. The lowest BCUT2D eigenvalue weighted by molar-refractivity contribution is -0.987. The highest BCUT2D eigenvalue weighted by atomic mass is 16.7. The quantitative estimate of drug-likeness (QED) is 0.164. The summed E-state index contributed by atoms with van der Waals surface area (Å²) in [6.07, 6.45) is 0. The number of non-ortho nitro benzene ring substituents is 2. The summed E-state index contributed by atoms with van der Waals surface area (Å²) < 4.78 is 9.98. The average Bonchev–Trinajstić information content (AvgIpc) is 2.88. The Kier molecular flexibility index (Phi) is 7.64. The average molecular weight is 594 g/mol. The summed E-state index contributed by atoms with van der Waals surface area (Å²) in [4.78, 5) is 78.5. The van der Waals surface area contributed by atoms with Crippen LogP contribution >= 0.6 is 0 Å². The Labute approximate surface area is 224 Å². The molecule has 0 radical (unpaired) electrons. The molecule has 0 amide bonds. The number of nitro groups is 7. The van der Waals surface area contributed by atoms with Gasteiger partial charge in [0, 0.05) is 12.1 Å². The van der Waals surface area contributed by atoms with E-state index < -0.39 is 92.3 Å². The van der Waals surface area contributed by atoms with Crippen LogP contribution in [0.4, 0.5) is 22.7 Å². The van der Waals surface area contributed by atoms with Crippen LogP contribution in [-0.2, 0) is 5.79 Å². The third-order valence-corrected chi connectivity index (χ3v) is 4.76. The van der Waals surface area contributed by atoms with Crippen LogP contribution in [0.2, 0.25) is 0 Å². The first-order valence-electron chi connectivity index (χ1n) is 10.0. The fraction of sp³-hybridized carbons (Fsp3) is 0.0625. The molecule has 2 aromatic carbocycles. The minimum Gasteiger partial charge on any atom is -0.417 e. The van der Waals surface area contributed by atoms with E-state index in [1.807, 2.05) is 0 Å². The SMILES string of the molecule is O=[N+]([O-])c1ccc(Oc2nc(Oc3ccc([N+](=O)[O-])cc3[N+](=O)[O-])nc(C([N+](=O)[O-])([N+](=O)[O-])[N+](=O)[O-])n2)c([N+](=O)[O-])c1. The molecule has 3 aromatic rings. The fourth-order valence-corrected chi connectivity index (χ4v) is 2.92. The van der Waals surface area contributed by atoms with E-state index in [4.69, 9.17) is 9.47 Å². The Hall–Kier alpha value is -7.15. The van der Waals surface area contributed by atoms with Gasteiger partial charge in [-0.25, -0.2) is 0 Å². The Bertz CT molecular complexity index is 1580. The highest BCUT2D eigenvalue weighted by Crippen LogP contribution is 2.37. The van der Waals surface area contributed by atoms with E-state index in [0.29, 0.717) is 36.4 Å². The minimum absolute atomic E-state index is 0.393. The molecule has 26 heteroatoms. The maximum Gasteiger partial charge on any atom is 0.763 e. The molecule has 0 saturated carbocycles. The highest BCUT2D eigenvalue weighted by molar-refractivity contribution is 5.55. The van der Waals surface area contributed by atoms with E-state index in [0.717, 1.165) is 0 Å². The van der Waals surface area contributed by atoms with Crippen molar-refractivity contribution in [1.29, 1.82) is 0 Å². The summed E-state index contributed by atoms with van der Waals surface area (Å²) in [5, 5.41) is 79.4. The third kappa shape index (κ3) is 5.36. The van der Waals surface area contributed by atoms with E-state index in [9.17, 15) is 70.8 Å². The number of ether oxygens (including phenoxy) is 2. The van der Waals surface area contributed by atoms with Gasteiger partial charge in [-0.05, 0) is 12.1 Å². The molecule has 1 aromatic heterocycles. The van der Waals surface area contributed by atoms with E-state index in [1.165, 1.54) is 0 Å². The summed E-state index contributed by atoms with van der Waals surface area (Å²) in [5.41, 5.74) is -3.89. The molecule has 0 saturated heterocycles. The topological polar surface area (TPSA) is 359 Å². The maximum absolute atomic E-state index is 11.6. The molecule has 42 heavy (non-hydrogen) atoms. The van der Waals surface area contributed by atoms with E-state index in [1.54, 1.807) is 0 Å². The van der Waals surface area contributed by atoms with Gasteiger partial charge in [0.05, 0.1) is 31.8 Å². The normalized spacial score (nSPS) is 10.8. The van der Waals surface area contributed by atoms with Crippen LogP contribution in [0.3, 0.4) is 0 Å². The zero-order chi connectivity index (χ0) is 31.5. The summed E-state index contributed by atoms with van der Waals surface area (Å²) >= 11 is 0. The van der Waals surface area contributed by atoms with Crippen molar-refractivity contribution in [3.05, 3.63) is 113 Å². The van der Waals surface area contributed by atoms with Gasteiger partial charge in [-0.1, -0.05) is 0 Å². The lowest BCUT2D eigenvalue weighted by Gasteiger charge is -2.11. The summed E-state index contributed by atoms with van der Waals surface area (Å²) in [6.45, 7) is 0. The molecule has 0 aliphatic heterocycles. The lowest BCUT2D eigenvalue weighted by atomic mass is 10.2. The molecule has 0 bridgehead atoms. The van der Waals surface area contributed by atoms with E-state index in [-0.39, 0.29) is 0 Å². The molecule has 26 nitrogen and oxygen atoms in total. The van der Waals surface area contributed by atoms with Crippen LogP contribution in [0.25, 0.3) is 0 Å². The second kappa shape index (κ2) is 10.9. The molecule has 0 unspecified atom stereocenters. The van der Waals surface area contributed by atoms with Gasteiger partial charge in [0.1, 0.15) is 0 Å². The van der Waals surface area contributed by atoms with Crippen molar-refractivity contribution in [1.82, 2.24) is 15.0 Å². The lowest BCUT2D eigenvalue weighted by Crippen LogP contribution is -2.51. The van der Waals surface area contributed by atoms with Gasteiger partial charge in [0.2, 0.25) is 11.5 Å². The standard InChI is InChI=1S/C16H6N10O16/c27-20(28)7-1-3-11(9(5-7)22(31)32)41-14-17-13(16(24(35)36,25(37)38)26(39)40)18-15(19-14)42-12-4-2-8(21(29)30)6-10(12)23(33)34/h1-6H. The number of nitrogens with zero attached hydrogens (tertiary/aromatic N) is 10. The van der Waals surface area contributed by atoms with Crippen molar-refractivity contribution in [2.24, 2.45) is 0 Å². The Balaban J connectivity index is 2.29. The fourth-order valence-electron chi connectivity index (χ4n) is 2.92. The smallest absolute Gasteiger partial charge is 0.417 e. The zero-order valence-corrected chi connectivity index (χ0v) is 19.5. The number of hydrogen-bond acceptors (Lipinski definition) is 19. The predicted molar refractivity (Wildman–Crippen MR) is 122 cm³/mol. The molecule has 0 aliphatic rings. The molecular weight excluding hydrogens is 588 g/mol. The maximum atomic E-state index is 11.6. The van der Waals surface area contributed by atoms with Crippen LogP contribution in [0.5, 0.6) is 23.5 Å². The van der Waals surface area contributed by atoms with Gasteiger partial charge < -0.3 is 9.47 Å². The van der Waals surface area contributed by atoms with E-state index >= 15 is 0 Å². The Morgan fingerprint density at radius 2 is 0.881 bits per heavy atom. The Morgan fingerprint density at radius 1 is 0.524 bits per heavy atom. The molecule has 0 fully saturated rings. The molecule has 0 spiro atoms. The largest absolute Gasteiger partial charge is 0.763 e. The van der Waals surface area contributed by atoms with Crippen LogP contribution in [0, 0.1) is 70.8 Å². The van der Waals surface area contributed by atoms with Crippen molar-refractivity contribution in [2.75, 3.05) is 0 Å². The number of aromatic nitrogens is 3. The van der Waals surface area contributed by atoms with Crippen molar-refractivity contribution < 1.29 is 43.9 Å². The van der Waals surface area contributed by atoms with Gasteiger partial charge in [-0.15, -0.1) is 4.98 Å². The monoisotopic (exact) mass is 594 g/mol. The summed E-state index contributed by atoms with van der Waals surface area (Å²) in [7, 11) is 0. The van der Waals surface area contributed by atoms with Crippen LogP contribution in [-0.4, -0.2) is 49.4 Å². The molecule has 0 N–H and O–H groups in total. The molecule has 0 atom stereocenters. The molecule has 3 rings (SSSR count). The van der Waals surface area contributed by atoms with Crippen molar-refractivity contribution >= 4 is 22.7 Å². The van der Waals surface area contributed by atoms with E-state index in [2.05, 4.69) is 15.0 Å². The number of benzene rings is 2. The van der Waals surface area contributed by atoms with Crippen LogP contribution in [0.15, 0.2) is 36.4 Å². The highest BCUT2D eigenvalue weighted by Gasteiger charge is 2.76. The third-order valence-electron chi connectivity index (χ3n) is 4.76. The van der Waals surface area contributed by atoms with Gasteiger partial charge in [-0.2, -0.15) is 9.97 Å². The molecule has 216 valence electrons. The van der Waals surface area contributed by atoms with Crippen molar-refractivity contribution in [2.45, 2.75) is 5.79 Å². The molecule has 0 aliphatic carbocycles. The van der Waals surface area contributed by atoms with Crippen LogP contribution in [0.1, 0.15) is 5.82 Å². The Morgan fingerprint density at radius 3 is 1.17 bits per heavy atom. The number of hydrogen-bond donors (Lipinski definition) is 0. The number of nitro benzene ring substituents is 4. The summed E-state index contributed by atoms with van der Waals surface area (Å²) in [6, 6.07) is 0.578. The summed E-state index contributed by atoms with van der Waals surface area (Å²) in [5.74, 6) is -8.37. The first-order valence-corrected chi connectivity index (χ1v) is 10.0. The molecule has 1 heterocycles.